The third-order valence-electron chi connectivity index (χ3n) is 5.07. The summed E-state index contributed by atoms with van der Waals surface area (Å²) in [6.45, 7) is 3.79. The van der Waals surface area contributed by atoms with Crippen molar-refractivity contribution in [2.75, 3.05) is 13.1 Å². The number of carbonyl (C=O) groups excluding carboxylic acids is 1. The van der Waals surface area contributed by atoms with Crippen molar-refractivity contribution in [2.45, 2.75) is 39.0 Å². The second kappa shape index (κ2) is 6.38. The molecule has 0 radical (unpaired) electrons. The molecule has 1 aliphatic heterocycles. The molecule has 0 bridgehead atoms. The Bertz CT molecular complexity index is 736. The molecule has 1 atom stereocenters. The summed E-state index contributed by atoms with van der Waals surface area (Å²) in [5.41, 5.74) is 2.16. The molecule has 5 heteroatoms. The number of aromatic nitrogens is 2. The monoisotopic (exact) mass is 325 g/mol. The quantitative estimate of drug-likeness (QED) is 0.866. The first-order valence-corrected chi connectivity index (χ1v) is 8.88. The fourth-order valence-corrected chi connectivity index (χ4v) is 3.54. The van der Waals surface area contributed by atoms with E-state index in [-0.39, 0.29) is 0 Å². The molecule has 4 rings (SSSR count). The minimum atomic E-state index is 0.305. The van der Waals surface area contributed by atoms with E-state index in [4.69, 9.17) is 4.52 Å². The van der Waals surface area contributed by atoms with Crippen LogP contribution in [0.4, 0.5) is 0 Å². The summed E-state index contributed by atoms with van der Waals surface area (Å²) in [7, 11) is 0. The number of hydrogen-bond donors (Lipinski definition) is 0. The van der Waals surface area contributed by atoms with E-state index in [1.165, 1.54) is 0 Å². The van der Waals surface area contributed by atoms with Gasteiger partial charge >= 0.3 is 0 Å². The highest BCUT2D eigenvalue weighted by molar-refractivity contribution is 5.81. The topological polar surface area (TPSA) is 59.2 Å². The predicted molar refractivity (Wildman–Crippen MR) is 90.2 cm³/mol. The molecule has 2 aliphatic rings. The number of amides is 1. The van der Waals surface area contributed by atoms with Gasteiger partial charge in [-0.1, -0.05) is 29.4 Å². The summed E-state index contributed by atoms with van der Waals surface area (Å²) < 4.78 is 5.47. The molecular weight excluding hydrogens is 302 g/mol. The minimum Gasteiger partial charge on any atom is -0.342 e. The normalized spacial score (nSPS) is 21.0. The van der Waals surface area contributed by atoms with Gasteiger partial charge in [-0.3, -0.25) is 4.79 Å². The number of likely N-dealkylation sites (tertiary alicyclic amines) is 1. The van der Waals surface area contributed by atoms with Gasteiger partial charge in [0.25, 0.3) is 0 Å². The molecule has 1 saturated carbocycles. The van der Waals surface area contributed by atoms with Crippen LogP contribution in [0.3, 0.4) is 0 Å². The number of carbonyl (C=O) groups is 1. The number of hydrogen-bond acceptors (Lipinski definition) is 4. The van der Waals surface area contributed by atoms with Gasteiger partial charge in [0.1, 0.15) is 0 Å². The van der Waals surface area contributed by atoms with Crippen LogP contribution in [0.1, 0.15) is 37.1 Å². The van der Waals surface area contributed by atoms with Crippen LogP contribution < -0.4 is 0 Å². The van der Waals surface area contributed by atoms with Gasteiger partial charge in [-0.05, 0) is 44.1 Å². The lowest BCUT2D eigenvalue weighted by Gasteiger charge is -2.32. The zero-order chi connectivity index (χ0) is 16.5. The maximum atomic E-state index is 12.3. The van der Waals surface area contributed by atoms with Crippen LogP contribution >= 0.6 is 0 Å². The van der Waals surface area contributed by atoms with E-state index in [9.17, 15) is 4.79 Å². The summed E-state index contributed by atoms with van der Waals surface area (Å²) in [5.74, 6) is 2.42. The molecule has 2 aromatic rings. The van der Waals surface area contributed by atoms with Gasteiger partial charge in [0, 0.05) is 31.0 Å². The van der Waals surface area contributed by atoms with E-state index >= 15 is 0 Å². The zero-order valence-corrected chi connectivity index (χ0v) is 14.1. The molecular formula is C19H23N3O2. The molecule has 0 spiro atoms. The third kappa shape index (κ3) is 3.21. The van der Waals surface area contributed by atoms with Gasteiger partial charge < -0.3 is 9.42 Å². The van der Waals surface area contributed by atoms with Gasteiger partial charge in [-0.15, -0.1) is 0 Å². The van der Waals surface area contributed by atoms with Crippen molar-refractivity contribution < 1.29 is 9.32 Å². The highest BCUT2D eigenvalue weighted by Gasteiger charge is 2.35. The molecule has 0 N–H and O–H groups in total. The lowest BCUT2D eigenvalue weighted by molar-refractivity contribution is -0.134. The second-order valence-electron chi connectivity index (χ2n) is 7.10. The van der Waals surface area contributed by atoms with E-state index in [0.717, 1.165) is 56.3 Å². The minimum absolute atomic E-state index is 0.305. The average molecular weight is 325 g/mol. The van der Waals surface area contributed by atoms with Crippen molar-refractivity contribution in [1.82, 2.24) is 15.0 Å². The SMILES string of the molecule is Cc1ccccc1-c1noc(CC2CCCN(C(=O)C3CC3)C2)n1. The average Bonchev–Trinajstić information content (AvgIpc) is 3.35. The van der Waals surface area contributed by atoms with E-state index in [1.54, 1.807) is 0 Å². The first-order chi connectivity index (χ1) is 11.7. The molecule has 1 saturated heterocycles. The van der Waals surface area contributed by atoms with Gasteiger partial charge in [0.05, 0.1) is 0 Å². The molecule has 1 unspecified atom stereocenters. The Kier molecular flexibility index (Phi) is 4.08. The molecule has 1 amide bonds. The van der Waals surface area contributed by atoms with E-state index in [2.05, 4.69) is 10.1 Å². The number of rotatable bonds is 4. The van der Waals surface area contributed by atoms with Gasteiger partial charge in [0.2, 0.25) is 17.6 Å². The number of piperidine rings is 1. The van der Waals surface area contributed by atoms with Crippen LogP contribution in [0.2, 0.25) is 0 Å². The maximum absolute atomic E-state index is 12.3. The standard InChI is InChI=1S/C19H23N3O2/c1-13-5-2-3-7-16(13)18-20-17(24-21-18)11-14-6-4-10-22(12-14)19(23)15-8-9-15/h2-3,5,7,14-15H,4,6,8-12H2,1H3. The highest BCUT2D eigenvalue weighted by atomic mass is 16.5. The Hall–Kier alpha value is -2.17. The molecule has 5 nitrogen and oxygen atoms in total. The van der Waals surface area contributed by atoms with Crippen LogP contribution in [-0.2, 0) is 11.2 Å². The van der Waals surface area contributed by atoms with Crippen LogP contribution in [0.15, 0.2) is 28.8 Å². The molecule has 1 aromatic carbocycles. The van der Waals surface area contributed by atoms with Crippen LogP contribution in [0.25, 0.3) is 11.4 Å². The molecule has 1 aliphatic carbocycles. The first-order valence-electron chi connectivity index (χ1n) is 8.88. The summed E-state index contributed by atoms with van der Waals surface area (Å²) in [5, 5.41) is 4.14. The lowest BCUT2D eigenvalue weighted by Crippen LogP contribution is -2.41. The van der Waals surface area contributed by atoms with Gasteiger partial charge in [-0.25, -0.2) is 0 Å². The van der Waals surface area contributed by atoms with Crippen molar-refractivity contribution >= 4 is 5.91 Å². The van der Waals surface area contributed by atoms with E-state index in [1.807, 2.05) is 36.1 Å². The summed E-state index contributed by atoms with van der Waals surface area (Å²) in [4.78, 5) is 18.9. The van der Waals surface area contributed by atoms with Crippen LogP contribution in [0, 0.1) is 18.8 Å². The fourth-order valence-electron chi connectivity index (χ4n) is 3.54. The Labute approximate surface area is 142 Å². The predicted octanol–water partition coefficient (Wildman–Crippen LogP) is 3.24. The Morgan fingerprint density at radius 1 is 1.29 bits per heavy atom. The van der Waals surface area contributed by atoms with Crippen molar-refractivity contribution in [3.05, 3.63) is 35.7 Å². The largest absolute Gasteiger partial charge is 0.342 e. The second-order valence-corrected chi connectivity index (χ2v) is 7.10. The Morgan fingerprint density at radius 2 is 2.12 bits per heavy atom. The number of aryl methyl sites for hydroxylation is 1. The first kappa shape index (κ1) is 15.4. The molecule has 126 valence electrons. The molecule has 1 aromatic heterocycles. The highest BCUT2D eigenvalue weighted by Crippen LogP contribution is 2.33. The van der Waals surface area contributed by atoms with Crippen LogP contribution in [-0.4, -0.2) is 34.0 Å². The number of benzene rings is 1. The Morgan fingerprint density at radius 3 is 2.92 bits per heavy atom. The van der Waals surface area contributed by atoms with Crippen molar-refractivity contribution in [1.29, 1.82) is 0 Å². The van der Waals surface area contributed by atoms with Crippen LogP contribution in [0.5, 0.6) is 0 Å². The van der Waals surface area contributed by atoms with Crippen molar-refractivity contribution in [3.63, 3.8) is 0 Å². The molecule has 2 fully saturated rings. The smallest absolute Gasteiger partial charge is 0.227 e. The third-order valence-corrected chi connectivity index (χ3v) is 5.07. The van der Waals surface area contributed by atoms with Crippen molar-refractivity contribution in [2.24, 2.45) is 11.8 Å². The fraction of sp³-hybridized carbons (Fsp3) is 0.526. The van der Waals surface area contributed by atoms with Gasteiger partial charge in [0.15, 0.2) is 0 Å². The van der Waals surface area contributed by atoms with Crippen molar-refractivity contribution in [3.8, 4) is 11.4 Å². The molecule has 2 heterocycles. The van der Waals surface area contributed by atoms with Gasteiger partial charge in [-0.2, -0.15) is 4.98 Å². The number of nitrogens with zero attached hydrogens (tertiary/aromatic N) is 3. The summed E-state index contributed by atoms with van der Waals surface area (Å²) >= 11 is 0. The lowest BCUT2D eigenvalue weighted by atomic mass is 9.94. The zero-order valence-electron chi connectivity index (χ0n) is 14.1. The van der Waals surface area contributed by atoms with E-state index < -0.39 is 0 Å². The summed E-state index contributed by atoms with van der Waals surface area (Å²) in [6.07, 6.45) is 5.10. The van der Waals surface area contributed by atoms with E-state index in [0.29, 0.717) is 29.5 Å². The molecule has 24 heavy (non-hydrogen) atoms. The maximum Gasteiger partial charge on any atom is 0.227 e. The summed E-state index contributed by atoms with van der Waals surface area (Å²) in [6, 6.07) is 8.06. The Balaban J connectivity index is 1.42.